The predicted octanol–water partition coefficient (Wildman–Crippen LogP) is 22.2. The van der Waals surface area contributed by atoms with Crippen molar-refractivity contribution in [2.75, 3.05) is 26.6 Å². The topological polar surface area (TPSA) is 269 Å². The Bertz CT molecular complexity index is 6290. The van der Waals surface area contributed by atoms with Gasteiger partial charge in [0, 0.05) is 141 Å². The Morgan fingerprint density at radius 2 is 0.602 bits per heavy atom. The van der Waals surface area contributed by atoms with E-state index in [1.165, 1.54) is 79.5 Å². The number of anilines is 5. The Kier molecular flexibility index (Phi) is 31.9. The number of hydrogen-bond donors (Lipinski definition) is 5. The Balaban J connectivity index is 0.000000161. The lowest BCUT2D eigenvalue weighted by Crippen LogP contribution is -2.15. The lowest BCUT2D eigenvalue weighted by molar-refractivity contribution is 0.101. The monoisotopic (exact) mass is 1650 g/mol. The van der Waals surface area contributed by atoms with Crippen LogP contribution in [0.5, 0.6) is 57.5 Å². The van der Waals surface area contributed by atoms with E-state index in [2.05, 4.69) is 68.3 Å². The standard InChI is InChI=1S/2C20H13FN2O2.2C19H15FN2O2.C18H14FN3O2.CH4/c1-2-14-5-3-6-15(9-14)20(24)23-17-7-4-8-18(11-17)25-19-10-16(21)12-22-13-19;1-2-14-5-3-6-15(9-14)20(24)23-17-10-16(21)11-19(12-17)25-18-7-4-8-22-13-18;1-13-4-2-5-14(8-13)19(23)22-16-6-3-7-17(10-16)24-18-9-15(20)11-21-12-18;1-13-4-2-5-14(8-13)19(23)22-16-9-15(20)10-18(11-16)24-17-6-3-7-21-12-17;1-12-8-16(19)17(21-10-12)18(23)22-13-4-2-5-14(9-13)24-15-6-3-7-20-11-15;/h2*1,3-13H,(H,23,24);2*2-12H,1H3,(H,22,23);2-11H,1H3,(H,22,23);1H4. The summed E-state index contributed by atoms with van der Waals surface area (Å²) >= 11 is 0. The molecule has 0 spiro atoms. The van der Waals surface area contributed by atoms with Crippen molar-refractivity contribution >= 4 is 58.0 Å². The minimum Gasteiger partial charge on any atom is -0.456 e. The minimum absolute atomic E-state index is 0. The van der Waals surface area contributed by atoms with Crippen molar-refractivity contribution in [3.8, 4) is 82.2 Å². The third-order valence-electron chi connectivity index (χ3n) is 16.3. The summed E-state index contributed by atoms with van der Waals surface area (Å²) in [5.74, 6) is 4.54. The zero-order valence-electron chi connectivity index (χ0n) is 65.0. The number of aromatic nitrogens is 6. The van der Waals surface area contributed by atoms with Crippen LogP contribution < -0.4 is 50.3 Å². The summed E-state index contributed by atoms with van der Waals surface area (Å²) in [6.45, 7) is 5.54. The zero-order chi connectivity index (χ0) is 86.1. The van der Waals surface area contributed by atoms with E-state index in [0.29, 0.717) is 96.2 Å². The van der Waals surface area contributed by atoms with Crippen molar-refractivity contribution in [2.45, 2.75) is 28.2 Å². The second kappa shape index (κ2) is 44.4. The Hall–Kier alpha value is -17.0. The number of amides is 5. The number of rotatable bonds is 20. The molecule has 15 rings (SSSR count). The maximum absolute atomic E-state index is 13.8. The number of halogens is 5. The summed E-state index contributed by atoms with van der Waals surface area (Å²) in [6, 6.07) is 70.4. The number of nitrogens with one attached hydrogen (secondary N) is 5. The van der Waals surface area contributed by atoms with E-state index < -0.39 is 40.9 Å². The molecule has 0 aliphatic carbocycles. The maximum Gasteiger partial charge on any atom is 0.277 e. The van der Waals surface area contributed by atoms with Crippen molar-refractivity contribution in [1.82, 2.24) is 29.9 Å². The van der Waals surface area contributed by atoms with Gasteiger partial charge in [-0.25, -0.2) is 26.9 Å². The molecule has 15 aromatic rings. The van der Waals surface area contributed by atoms with Gasteiger partial charge in [0.2, 0.25) is 0 Å². The fraction of sp³-hybridized carbons (Fsp3) is 0.0412. The molecule has 0 atom stereocenters. The van der Waals surface area contributed by atoms with E-state index in [-0.39, 0.29) is 59.5 Å². The van der Waals surface area contributed by atoms with E-state index in [1.54, 1.807) is 220 Å². The highest BCUT2D eigenvalue weighted by Crippen LogP contribution is 2.31. The van der Waals surface area contributed by atoms with Crippen molar-refractivity contribution < 1.29 is 69.6 Å². The van der Waals surface area contributed by atoms with Crippen LogP contribution >= 0.6 is 0 Å². The molecule has 0 fully saturated rings. The highest BCUT2D eigenvalue weighted by Gasteiger charge is 2.17. The highest BCUT2D eigenvalue weighted by atomic mass is 19.1. The van der Waals surface area contributed by atoms with Gasteiger partial charge in [0.25, 0.3) is 29.5 Å². The van der Waals surface area contributed by atoms with Gasteiger partial charge in [0.05, 0.1) is 43.4 Å². The molecular weight excluding hydrogens is 1570 g/mol. The summed E-state index contributed by atoms with van der Waals surface area (Å²) in [5, 5.41) is 13.5. The zero-order valence-corrected chi connectivity index (χ0v) is 65.0. The van der Waals surface area contributed by atoms with Gasteiger partial charge in [-0.3, -0.25) is 48.9 Å². The lowest BCUT2D eigenvalue weighted by atomic mass is 10.1. The van der Waals surface area contributed by atoms with Crippen molar-refractivity contribution in [3.63, 3.8) is 0 Å². The number of carbonyl (C=O) groups excluding carboxylic acids is 5. The van der Waals surface area contributed by atoms with Crippen molar-refractivity contribution in [1.29, 1.82) is 0 Å². The first-order valence-electron chi connectivity index (χ1n) is 36.8. The molecule has 0 saturated heterocycles. The quantitative estimate of drug-likeness (QED) is 0.0351. The molecule has 6 aromatic heterocycles. The Labute approximate surface area is 704 Å². The number of pyridine rings is 6. The first kappa shape index (κ1) is 88.4. The highest BCUT2D eigenvalue weighted by molar-refractivity contribution is 6.07. The van der Waals surface area contributed by atoms with Crippen LogP contribution in [0.4, 0.5) is 50.4 Å². The van der Waals surface area contributed by atoms with E-state index in [1.807, 2.05) is 38.1 Å². The summed E-state index contributed by atoms with van der Waals surface area (Å²) in [5.41, 5.74) is 7.72. The van der Waals surface area contributed by atoms with Crippen LogP contribution in [0.2, 0.25) is 0 Å². The van der Waals surface area contributed by atoms with Gasteiger partial charge in [-0.1, -0.05) is 85.0 Å². The van der Waals surface area contributed by atoms with Gasteiger partial charge in [-0.15, -0.1) is 12.8 Å². The number of hydrogen-bond acceptors (Lipinski definition) is 16. The maximum atomic E-state index is 13.8. The second-order valence-electron chi connectivity index (χ2n) is 26.0. The average Bonchev–Trinajstić information content (AvgIpc) is 0.923. The van der Waals surface area contributed by atoms with Crippen LogP contribution in [-0.4, -0.2) is 59.4 Å². The average molecular weight is 1650 g/mol. The fourth-order valence-electron chi connectivity index (χ4n) is 10.9. The van der Waals surface area contributed by atoms with E-state index in [4.69, 9.17) is 36.5 Å². The predicted molar refractivity (Wildman–Crippen MR) is 460 cm³/mol. The van der Waals surface area contributed by atoms with Crippen LogP contribution in [0.25, 0.3) is 0 Å². The molecule has 0 radical (unpaired) electrons. The largest absolute Gasteiger partial charge is 0.456 e. The van der Waals surface area contributed by atoms with Crippen LogP contribution in [-0.2, 0) is 0 Å². The molecule has 0 bridgehead atoms. The van der Waals surface area contributed by atoms with Crippen LogP contribution in [0.1, 0.15) is 87.2 Å². The van der Waals surface area contributed by atoms with Gasteiger partial charge >= 0.3 is 0 Å². The van der Waals surface area contributed by atoms with Crippen LogP contribution in [0, 0.1) is 74.5 Å². The van der Waals surface area contributed by atoms with Gasteiger partial charge in [-0.05, 0) is 178 Å². The number of aryl methyl sites for hydroxylation is 3. The molecule has 0 unspecified atom stereocenters. The SMILES string of the molecule is C.C#Cc1cccc(C(=O)Nc2cc(F)cc(Oc3cccnc3)c2)c1.C#Cc1cccc(C(=O)Nc2cccc(Oc3cncc(F)c3)c2)c1.Cc1cccc(C(=O)Nc2cc(F)cc(Oc3cccnc3)c2)c1.Cc1cccc(C(=O)Nc2cccc(Oc3cncc(F)c3)c2)c1.Cc1cnc(C(=O)Nc2cccc(Oc3cccnc3)c2)c(F)c1. The molecule has 26 heteroatoms. The summed E-state index contributed by atoms with van der Waals surface area (Å²) < 4.78 is 95.6. The number of ether oxygens (including phenoxy) is 5. The molecular formula is C97H74F5N11O10. The molecule has 123 heavy (non-hydrogen) atoms. The third kappa shape index (κ3) is 28.4. The normalized spacial score (nSPS) is 10.0. The molecule has 0 saturated carbocycles. The number of nitrogens with zero attached hydrogens (tertiary/aromatic N) is 6. The minimum atomic E-state index is -0.657. The van der Waals surface area contributed by atoms with Crippen molar-refractivity contribution in [2.24, 2.45) is 0 Å². The molecule has 0 aliphatic rings. The molecule has 21 nitrogen and oxygen atoms in total. The van der Waals surface area contributed by atoms with E-state index in [0.717, 1.165) is 23.5 Å². The van der Waals surface area contributed by atoms with Gasteiger partial charge in [0.15, 0.2) is 11.5 Å². The summed E-state index contributed by atoms with van der Waals surface area (Å²) in [7, 11) is 0. The summed E-state index contributed by atoms with van der Waals surface area (Å²) in [6.07, 6.45) is 26.6. The Morgan fingerprint density at radius 1 is 0.285 bits per heavy atom. The third-order valence-corrected chi connectivity index (χ3v) is 16.3. The second-order valence-corrected chi connectivity index (χ2v) is 26.0. The lowest BCUT2D eigenvalue weighted by Gasteiger charge is -2.10. The number of terminal acetylenes is 2. The number of carbonyl (C=O) groups is 5. The smallest absolute Gasteiger partial charge is 0.277 e. The van der Waals surface area contributed by atoms with Gasteiger partial charge in [-0.2, -0.15) is 0 Å². The van der Waals surface area contributed by atoms with Gasteiger partial charge < -0.3 is 50.3 Å². The molecule has 6 heterocycles. The molecule has 9 aromatic carbocycles. The molecule has 612 valence electrons. The number of benzene rings is 9. The summed E-state index contributed by atoms with van der Waals surface area (Å²) in [4.78, 5) is 84.4. The fourth-order valence-corrected chi connectivity index (χ4v) is 10.9. The molecule has 5 amide bonds. The van der Waals surface area contributed by atoms with E-state index >= 15 is 0 Å². The molecule has 0 aliphatic heterocycles. The first-order chi connectivity index (χ1) is 59.1. The first-order valence-corrected chi connectivity index (χ1v) is 36.8. The Morgan fingerprint density at radius 3 is 0.959 bits per heavy atom. The van der Waals surface area contributed by atoms with Crippen molar-refractivity contribution in [3.05, 3.63) is 414 Å². The molecule has 5 N–H and O–H groups in total. The van der Waals surface area contributed by atoms with E-state index in [9.17, 15) is 45.9 Å². The van der Waals surface area contributed by atoms with Gasteiger partial charge in [0.1, 0.15) is 80.8 Å². The van der Waals surface area contributed by atoms with Crippen LogP contribution in [0.3, 0.4) is 0 Å². The van der Waals surface area contributed by atoms with Crippen LogP contribution in [0.15, 0.2) is 329 Å².